The molecule has 0 aliphatic rings. The van der Waals surface area contributed by atoms with Crippen molar-refractivity contribution < 1.29 is 25.5 Å². The third-order valence-electron chi connectivity index (χ3n) is 4.87. The molecule has 0 heterocycles. The maximum Gasteiger partial charge on any atom is 0.103 e. The lowest BCUT2D eigenvalue weighted by molar-refractivity contribution is -0.0461. The van der Waals surface area contributed by atoms with Gasteiger partial charge in [0.2, 0.25) is 0 Å². The topological polar surface area (TPSA) is 101 Å². The number of unbranched alkanes of at least 4 members (excludes halogenated alkanes) is 7. The molecule has 160 valence electrons. The van der Waals surface area contributed by atoms with Gasteiger partial charge in [-0.3, -0.25) is 0 Å². The quantitative estimate of drug-likeness (QED) is 0.265. The molecule has 0 fully saturated rings. The second-order valence-corrected chi connectivity index (χ2v) is 7.30. The third-order valence-corrected chi connectivity index (χ3v) is 4.87. The third kappa shape index (κ3) is 17.2. The number of rotatable bonds is 16. The van der Waals surface area contributed by atoms with Crippen LogP contribution < -0.4 is 0 Å². The predicted octanol–water partition coefficient (Wildman–Crippen LogP) is 3.40. The first-order valence-electron chi connectivity index (χ1n) is 10.7. The van der Waals surface area contributed by atoms with E-state index >= 15 is 0 Å². The zero-order valence-corrected chi connectivity index (χ0v) is 17.4. The Morgan fingerprint density at radius 2 is 1.12 bits per heavy atom. The van der Waals surface area contributed by atoms with Gasteiger partial charge in [0.05, 0.1) is 25.4 Å². The van der Waals surface area contributed by atoms with Crippen LogP contribution in [-0.2, 0) is 0 Å². The van der Waals surface area contributed by atoms with E-state index in [1.54, 1.807) is 0 Å². The standard InChI is InChI=1S/C11H24O3.C10H22O2/c1-3-5-6-7-9(4-2)11(14)10(13)8-12;1-2-3-4-5-6-7-8-10(12)9-11/h9-14H,3-8H2,1-2H3;10-12H,2-9H2,1H3. The van der Waals surface area contributed by atoms with E-state index in [1.807, 2.05) is 6.92 Å². The van der Waals surface area contributed by atoms with Gasteiger partial charge in [-0.25, -0.2) is 0 Å². The number of hydrogen-bond donors (Lipinski definition) is 5. The van der Waals surface area contributed by atoms with Gasteiger partial charge in [-0.15, -0.1) is 0 Å². The Morgan fingerprint density at radius 1 is 0.615 bits per heavy atom. The fourth-order valence-electron chi connectivity index (χ4n) is 2.95. The van der Waals surface area contributed by atoms with E-state index in [4.69, 9.17) is 15.3 Å². The Labute approximate surface area is 161 Å². The minimum absolute atomic E-state index is 0.0883. The summed E-state index contributed by atoms with van der Waals surface area (Å²) in [5.74, 6) is 0.115. The van der Waals surface area contributed by atoms with Gasteiger partial charge in [0.1, 0.15) is 6.10 Å². The van der Waals surface area contributed by atoms with Crippen molar-refractivity contribution >= 4 is 0 Å². The molecule has 0 aliphatic heterocycles. The van der Waals surface area contributed by atoms with Crippen LogP contribution in [0.1, 0.15) is 97.8 Å². The second kappa shape index (κ2) is 21.1. The van der Waals surface area contributed by atoms with Crippen LogP contribution in [0.4, 0.5) is 0 Å². The molecular weight excluding hydrogens is 332 g/mol. The van der Waals surface area contributed by atoms with Gasteiger partial charge < -0.3 is 25.5 Å². The molecule has 0 rings (SSSR count). The van der Waals surface area contributed by atoms with Crippen molar-refractivity contribution in [2.24, 2.45) is 5.92 Å². The first-order valence-corrected chi connectivity index (χ1v) is 10.7. The first kappa shape index (κ1) is 28.0. The van der Waals surface area contributed by atoms with Crippen molar-refractivity contribution in [3.8, 4) is 0 Å². The highest BCUT2D eigenvalue weighted by Crippen LogP contribution is 2.19. The highest BCUT2D eigenvalue weighted by Gasteiger charge is 2.23. The fourth-order valence-corrected chi connectivity index (χ4v) is 2.95. The van der Waals surface area contributed by atoms with Crippen molar-refractivity contribution in [3.05, 3.63) is 0 Å². The zero-order valence-electron chi connectivity index (χ0n) is 17.4. The van der Waals surface area contributed by atoms with Gasteiger partial charge >= 0.3 is 0 Å². The molecule has 5 N–H and O–H groups in total. The molecule has 26 heavy (non-hydrogen) atoms. The smallest absolute Gasteiger partial charge is 0.103 e. The molecule has 0 aliphatic carbocycles. The van der Waals surface area contributed by atoms with Crippen LogP contribution in [0.15, 0.2) is 0 Å². The van der Waals surface area contributed by atoms with Gasteiger partial charge in [0.15, 0.2) is 0 Å². The van der Waals surface area contributed by atoms with Gasteiger partial charge in [-0.2, -0.15) is 0 Å². The van der Waals surface area contributed by atoms with Crippen LogP contribution in [0.2, 0.25) is 0 Å². The number of hydrogen-bond acceptors (Lipinski definition) is 5. The van der Waals surface area contributed by atoms with E-state index in [2.05, 4.69) is 13.8 Å². The van der Waals surface area contributed by atoms with Gasteiger partial charge in [0.25, 0.3) is 0 Å². The molecule has 5 heteroatoms. The highest BCUT2D eigenvalue weighted by atomic mass is 16.4. The summed E-state index contributed by atoms with van der Waals surface area (Å²) >= 11 is 0. The molecule has 5 nitrogen and oxygen atoms in total. The summed E-state index contributed by atoms with van der Waals surface area (Å²) in [6.45, 7) is 5.90. The van der Waals surface area contributed by atoms with Crippen molar-refractivity contribution in [2.75, 3.05) is 13.2 Å². The van der Waals surface area contributed by atoms with E-state index in [0.717, 1.165) is 38.5 Å². The van der Waals surface area contributed by atoms with E-state index < -0.39 is 18.3 Å². The number of aliphatic hydroxyl groups excluding tert-OH is 5. The number of aliphatic hydroxyl groups is 5. The minimum Gasteiger partial charge on any atom is -0.394 e. The molecular formula is C21H46O5. The molecule has 4 unspecified atom stereocenters. The highest BCUT2D eigenvalue weighted by molar-refractivity contribution is 4.74. The van der Waals surface area contributed by atoms with Gasteiger partial charge in [-0.1, -0.05) is 85.0 Å². The van der Waals surface area contributed by atoms with E-state index in [-0.39, 0.29) is 19.1 Å². The Balaban J connectivity index is 0. The van der Waals surface area contributed by atoms with Gasteiger partial charge in [0, 0.05) is 0 Å². The van der Waals surface area contributed by atoms with E-state index in [1.165, 1.54) is 38.5 Å². The van der Waals surface area contributed by atoms with E-state index in [0.29, 0.717) is 0 Å². The second-order valence-electron chi connectivity index (χ2n) is 7.30. The molecule has 0 aromatic rings. The summed E-state index contributed by atoms with van der Waals surface area (Å²) in [7, 11) is 0. The van der Waals surface area contributed by atoms with Crippen molar-refractivity contribution in [2.45, 2.75) is 116 Å². The summed E-state index contributed by atoms with van der Waals surface area (Å²) in [5, 5.41) is 45.2. The Bertz CT molecular complexity index is 263. The molecule has 0 spiro atoms. The first-order chi connectivity index (χ1) is 12.5. The summed E-state index contributed by atoms with van der Waals surface area (Å²) < 4.78 is 0. The normalized spacial score (nSPS) is 15.7. The summed E-state index contributed by atoms with van der Waals surface area (Å²) in [4.78, 5) is 0. The van der Waals surface area contributed by atoms with Crippen molar-refractivity contribution in [1.82, 2.24) is 0 Å². The Hall–Kier alpha value is -0.200. The molecule has 0 saturated carbocycles. The maximum atomic E-state index is 9.67. The van der Waals surface area contributed by atoms with Gasteiger partial charge in [-0.05, 0) is 18.8 Å². The van der Waals surface area contributed by atoms with Crippen molar-refractivity contribution in [3.63, 3.8) is 0 Å². The minimum atomic E-state index is -0.985. The maximum absolute atomic E-state index is 9.67. The zero-order chi connectivity index (χ0) is 20.2. The molecule has 0 aromatic heterocycles. The lowest BCUT2D eigenvalue weighted by Gasteiger charge is -2.24. The Morgan fingerprint density at radius 3 is 1.62 bits per heavy atom. The lowest BCUT2D eigenvalue weighted by atomic mass is 9.90. The van der Waals surface area contributed by atoms with Crippen LogP contribution >= 0.6 is 0 Å². The SMILES string of the molecule is CCCCCC(CC)C(O)C(O)CO.CCCCCCCCC(O)CO. The summed E-state index contributed by atoms with van der Waals surface area (Å²) in [6, 6.07) is 0. The Kier molecular flexibility index (Phi) is 22.7. The summed E-state index contributed by atoms with van der Waals surface area (Å²) in [5.41, 5.74) is 0. The molecule has 0 amide bonds. The average molecular weight is 379 g/mol. The van der Waals surface area contributed by atoms with Crippen LogP contribution in [-0.4, -0.2) is 57.1 Å². The molecule has 4 atom stereocenters. The lowest BCUT2D eigenvalue weighted by Crippen LogP contribution is -2.35. The summed E-state index contributed by atoms with van der Waals surface area (Å²) in [6.07, 6.45) is 11.1. The molecule has 0 bridgehead atoms. The largest absolute Gasteiger partial charge is 0.394 e. The molecule has 0 saturated heterocycles. The van der Waals surface area contributed by atoms with Crippen LogP contribution in [0, 0.1) is 5.92 Å². The van der Waals surface area contributed by atoms with Crippen molar-refractivity contribution in [1.29, 1.82) is 0 Å². The molecule has 0 aromatic carbocycles. The van der Waals surface area contributed by atoms with Crippen LogP contribution in [0.25, 0.3) is 0 Å². The monoisotopic (exact) mass is 378 g/mol. The average Bonchev–Trinajstić information content (AvgIpc) is 2.67. The predicted molar refractivity (Wildman–Crippen MR) is 108 cm³/mol. The van der Waals surface area contributed by atoms with Crippen LogP contribution in [0.3, 0.4) is 0 Å². The van der Waals surface area contributed by atoms with E-state index in [9.17, 15) is 10.2 Å². The fraction of sp³-hybridized carbons (Fsp3) is 1.00. The molecule has 0 radical (unpaired) electrons. The van der Waals surface area contributed by atoms with Crippen LogP contribution in [0.5, 0.6) is 0 Å².